The third-order valence-corrected chi connectivity index (χ3v) is 2.22. The SMILES string of the molecule is CC(=O)N1CC(COCCC(=O)O)C1. The number of likely N-dealkylation sites (tertiary alicyclic amines) is 1. The van der Waals surface area contributed by atoms with E-state index in [-0.39, 0.29) is 18.9 Å². The summed E-state index contributed by atoms with van der Waals surface area (Å²) >= 11 is 0. The van der Waals surface area contributed by atoms with Crippen molar-refractivity contribution >= 4 is 11.9 Å². The molecule has 1 aliphatic rings. The molecule has 14 heavy (non-hydrogen) atoms. The highest BCUT2D eigenvalue weighted by Crippen LogP contribution is 2.15. The summed E-state index contributed by atoms with van der Waals surface area (Å²) in [6, 6.07) is 0. The number of ether oxygens (including phenoxy) is 1. The Morgan fingerprint density at radius 2 is 2.14 bits per heavy atom. The lowest BCUT2D eigenvalue weighted by Gasteiger charge is -2.38. The number of amides is 1. The Kier molecular flexibility index (Phi) is 3.88. The molecule has 0 unspecified atom stereocenters. The normalized spacial score (nSPS) is 16.5. The lowest BCUT2D eigenvalue weighted by atomic mass is 10.0. The Labute approximate surface area is 82.6 Å². The molecule has 1 fully saturated rings. The third-order valence-electron chi connectivity index (χ3n) is 2.22. The van der Waals surface area contributed by atoms with Crippen molar-refractivity contribution in [1.82, 2.24) is 4.90 Å². The van der Waals surface area contributed by atoms with Crippen molar-refractivity contribution in [3.05, 3.63) is 0 Å². The van der Waals surface area contributed by atoms with Crippen LogP contribution in [-0.2, 0) is 14.3 Å². The van der Waals surface area contributed by atoms with Gasteiger partial charge >= 0.3 is 5.97 Å². The van der Waals surface area contributed by atoms with Crippen LogP contribution in [0.25, 0.3) is 0 Å². The molecule has 0 aliphatic carbocycles. The van der Waals surface area contributed by atoms with Crippen molar-refractivity contribution in [2.75, 3.05) is 26.3 Å². The summed E-state index contributed by atoms with van der Waals surface area (Å²) < 4.78 is 5.16. The van der Waals surface area contributed by atoms with E-state index in [9.17, 15) is 9.59 Å². The molecular weight excluding hydrogens is 186 g/mol. The van der Waals surface area contributed by atoms with Gasteiger partial charge in [0.25, 0.3) is 0 Å². The summed E-state index contributed by atoms with van der Waals surface area (Å²) in [4.78, 5) is 22.7. The van der Waals surface area contributed by atoms with E-state index < -0.39 is 5.97 Å². The van der Waals surface area contributed by atoms with Crippen LogP contribution < -0.4 is 0 Å². The molecule has 5 heteroatoms. The second-order valence-corrected chi connectivity index (χ2v) is 3.51. The van der Waals surface area contributed by atoms with E-state index in [1.54, 1.807) is 11.8 Å². The van der Waals surface area contributed by atoms with Crippen molar-refractivity contribution in [3.63, 3.8) is 0 Å². The third kappa shape index (κ3) is 3.33. The van der Waals surface area contributed by atoms with Crippen LogP contribution in [0.2, 0.25) is 0 Å². The van der Waals surface area contributed by atoms with Gasteiger partial charge in [0.1, 0.15) is 0 Å². The van der Waals surface area contributed by atoms with Crippen molar-refractivity contribution in [2.24, 2.45) is 5.92 Å². The standard InChI is InChI=1S/C9H15NO4/c1-7(11)10-4-8(5-10)6-14-3-2-9(12)13/h8H,2-6H2,1H3,(H,12,13). The number of rotatable bonds is 5. The first-order chi connectivity index (χ1) is 6.59. The first-order valence-electron chi connectivity index (χ1n) is 4.64. The van der Waals surface area contributed by atoms with Crippen LogP contribution in [0.5, 0.6) is 0 Å². The van der Waals surface area contributed by atoms with Crippen molar-refractivity contribution < 1.29 is 19.4 Å². The minimum absolute atomic E-state index is 0.0448. The second kappa shape index (κ2) is 4.95. The highest BCUT2D eigenvalue weighted by molar-refractivity contribution is 5.74. The van der Waals surface area contributed by atoms with Gasteiger partial charge in [-0.1, -0.05) is 0 Å². The smallest absolute Gasteiger partial charge is 0.305 e. The van der Waals surface area contributed by atoms with E-state index in [1.165, 1.54) is 0 Å². The maximum Gasteiger partial charge on any atom is 0.305 e. The number of carbonyl (C=O) groups excluding carboxylic acids is 1. The van der Waals surface area contributed by atoms with E-state index in [0.717, 1.165) is 13.1 Å². The van der Waals surface area contributed by atoms with Gasteiger partial charge in [0.05, 0.1) is 19.6 Å². The number of carboxylic acid groups (broad SMARTS) is 1. The first kappa shape index (κ1) is 11.0. The highest BCUT2D eigenvalue weighted by atomic mass is 16.5. The Hall–Kier alpha value is -1.10. The minimum atomic E-state index is -0.844. The largest absolute Gasteiger partial charge is 0.481 e. The van der Waals surface area contributed by atoms with Crippen LogP contribution in [-0.4, -0.2) is 48.2 Å². The molecule has 5 nitrogen and oxygen atoms in total. The van der Waals surface area contributed by atoms with Gasteiger partial charge in [0.15, 0.2) is 0 Å². The minimum Gasteiger partial charge on any atom is -0.481 e. The fraction of sp³-hybridized carbons (Fsp3) is 0.778. The van der Waals surface area contributed by atoms with Gasteiger partial charge in [-0.25, -0.2) is 0 Å². The Morgan fingerprint density at radius 3 is 2.64 bits per heavy atom. The van der Waals surface area contributed by atoms with E-state index in [1.807, 2.05) is 0 Å². The van der Waals surface area contributed by atoms with Crippen LogP contribution in [0.15, 0.2) is 0 Å². The van der Waals surface area contributed by atoms with E-state index >= 15 is 0 Å². The van der Waals surface area contributed by atoms with Gasteiger partial charge in [-0.05, 0) is 0 Å². The Morgan fingerprint density at radius 1 is 1.50 bits per heavy atom. The van der Waals surface area contributed by atoms with Crippen molar-refractivity contribution in [2.45, 2.75) is 13.3 Å². The average molecular weight is 201 g/mol. The molecule has 0 radical (unpaired) electrons. The maximum atomic E-state index is 10.8. The van der Waals surface area contributed by atoms with Crippen molar-refractivity contribution in [3.8, 4) is 0 Å². The van der Waals surface area contributed by atoms with Crippen LogP contribution >= 0.6 is 0 Å². The molecule has 0 saturated carbocycles. The van der Waals surface area contributed by atoms with Gasteiger partial charge in [0, 0.05) is 25.9 Å². The molecule has 0 spiro atoms. The molecule has 80 valence electrons. The second-order valence-electron chi connectivity index (χ2n) is 3.51. The molecule has 1 aliphatic heterocycles. The number of nitrogens with zero attached hydrogens (tertiary/aromatic N) is 1. The molecule has 0 aromatic carbocycles. The average Bonchev–Trinajstić information content (AvgIpc) is 1.98. The summed E-state index contributed by atoms with van der Waals surface area (Å²) in [5, 5.41) is 8.33. The predicted molar refractivity (Wildman–Crippen MR) is 48.8 cm³/mol. The van der Waals surface area contributed by atoms with Gasteiger partial charge in [-0.2, -0.15) is 0 Å². The van der Waals surface area contributed by atoms with Crippen LogP contribution in [0.4, 0.5) is 0 Å². The van der Waals surface area contributed by atoms with Gasteiger partial charge in [-0.3, -0.25) is 9.59 Å². The van der Waals surface area contributed by atoms with E-state index in [2.05, 4.69) is 0 Å². The summed E-state index contributed by atoms with van der Waals surface area (Å²) in [6.45, 7) is 3.83. The molecule has 0 aromatic rings. The zero-order valence-electron chi connectivity index (χ0n) is 8.23. The molecule has 1 rings (SSSR count). The number of carbonyl (C=O) groups is 2. The lowest BCUT2D eigenvalue weighted by molar-refractivity contribution is -0.139. The van der Waals surface area contributed by atoms with Crippen molar-refractivity contribution in [1.29, 1.82) is 0 Å². The quantitative estimate of drug-likeness (QED) is 0.633. The molecular formula is C9H15NO4. The van der Waals surface area contributed by atoms with Gasteiger partial charge in [-0.15, -0.1) is 0 Å². The first-order valence-corrected chi connectivity index (χ1v) is 4.64. The highest BCUT2D eigenvalue weighted by Gasteiger charge is 2.28. The van der Waals surface area contributed by atoms with Gasteiger partial charge < -0.3 is 14.7 Å². The fourth-order valence-electron chi connectivity index (χ4n) is 1.34. The summed E-state index contributed by atoms with van der Waals surface area (Å²) in [5.41, 5.74) is 0. The monoisotopic (exact) mass is 201 g/mol. The van der Waals surface area contributed by atoms with E-state index in [4.69, 9.17) is 9.84 Å². The lowest BCUT2D eigenvalue weighted by Crippen LogP contribution is -2.50. The predicted octanol–water partition coefficient (Wildman–Crippen LogP) is -0.0440. The number of hydrogen-bond acceptors (Lipinski definition) is 3. The summed E-state index contributed by atoms with van der Waals surface area (Å²) in [7, 11) is 0. The zero-order chi connectivity index (χ0) is 10.6. The zero-order valence-corrected chi connectivity index (χ0v) is 8.23. The molecule has 0 aromatic heterocycles. The molecule has 1 N–H and O–H groups in total. The van der Waals surface area contributed by atoms with Crippen LogP contribution in [0.3, 0.4) is 0 Å². The van der Waals surface area contributed by atoms with E-state index in [0.29, 0.717) is 12.5 Å². The summed E-state index contributed by atoms with van der Waals surface area (Å²) in [6.07, 6.45) is 0.0448. The van der Waals surface area contributed by atoms with Gasteiger partial charge in [0.2, 0.25) is 5.91 Å². The molecule has 1 saturated heterocycles. The molecule has 0 atom stereocenters. The summed E-state index contributed by atoms with van der Waals surface area (Å²) in [5.74, 6) is -0.372. The Balaban J connectivity index is 1.96. The molecule has 1 heterocycles. The van der Waals surface area contributed by atoms with Crippen LogP contribution in [0.1, 0.15) is 13.3 Å². The molecule has 0 bridgehead atoms. The fourth-order valence-corrected chi connectivity index (χ4v) is 1.34. The number of carboxylic acids is 1. The number of hydrogen-bond donors (Lipinski definition) is 1. The Bertz CT molecular complexity index is 223. The van der Waals surface area contributed by atoms with Crippen LogP contribution in [0, 0.1) is 5.92 Å². The maximum absolute atomic E-state index is 10.8. The molecule has 1 amide bonds. The number of aliphatic carboxylic acids is 1. The topological polar surface area (TPSA) is 66.8 Å².